The van der Waals surface area contributed by atoms with Crippen LogP contribution in [0.25, 0.3) is 0 Å². The maximum atomic E-state index is 13.2. The lowest BCUT2D eigenvalue weighted by molar-refractivity contribution is 0.405. The van der Waals surface area contributed by atoms with Gasteiger partial charge in [-0.15, -0.1) is 0 Å². The highest BCUT2D eigenvalue weighted by Crippen LogP contribution is 2.29. The number of nitrogens with two attached hydrogens (primary N) is 1. The van der Waals surface area contributed by atoms with Gasteiger partial charge in [-0.1, -0.05) is 17.7 Å². The van der Waals surface area contributed by atoms with Crippen LogP contribution in [0.2, 0.25) is 5.02 Å². The minimum Gasteiger partial charge on any atom is -0.496 e. The molecule has 0 aliphatic rings. The first-order valence-electron chi connectivity index (χ1n) is 6.04. The van der Waals surface area contributed by atoms with Crippen molar-refractivity contribution >= 4 is 27.5 Å². The Balaban J connectivity index is 2.25. The van der Waals surface area contributed by atoms with E-state index in [1.54, 1.807) is 37.4 Å². The number of halogens is 3. The number of hydrogen-bond donors (Lipinski definition) is 1. The molecule has 2 aromatic rings. The molecule has 2 nitrogen and oxygen atoms in total. The number of rotatable bonds is 4. The van der Waals surface area contributed by atoms with Crippen molar-refractivity contribution in [2.75, 3.05) is 7.11 Å². The highest BCUT2D eigenvalue weighted by Gasteiger charge is 2.14. The van der Waals surface area contributed by atoms with Crippen LogP contribution >= 0.6 is 27.5 Å². The first-order chi connectivity index (χ1) is 9.51. The summed E-state index contributed by atoms with van der Waals surface area (Å²) in [5.74, 6) is 0.408. The van der Waals surface area contributed by atoms with E-state index in [0.29, 0.717) is 21.7 Å². The highest BCUT2D eigenvalue weighted by atomic mass is 79.9. The molecule has 2 rings (SSSR count). The maximum Gasteiger partial charge on any atom is 0.137 e. The second-order valence-corrected chi connectivity index (χ2v) is 5.74. The second kappa shape index (κ2) is 6.57. The third-order valence-electron chi connectivity index (χ3n) is 3.03. The van der Waals surface area contributed by atoms with E-state index in [0.717, 1.165) is 11.1 Å². The zero-order valence-corrected chi connectivity index (χ0v) is 13.2. The molecule has 0 radical (unpaired) electrons. The summed E-state index contributed by atoms with van der Waals surface area (Å²) < 4.78 is 18.9. The van der Waals surface area contributed by atoms with Crippen molar-refractivity contribution in [3.8, 4) is 5.75 Å². The van der Waals surface area contributed by atoms with Gasteiger partial charge in [-0.25, -0.2) is 4.39 Å². The SMILES string of the molecule is COc1ccc(Cl)cc1C(N)Cc1ccc(F)c(Br)c1. The molecular formula is C15H14BrClFNO. The molecule has 0 heterocycles. The van der Waals surface area contributed by atoms with Crippen LogP contribution < -0.4 is 10.5 Å². The van der Waals surface area contributed by atoms with Gasteiger partial charge in [-0.05, 0) is 58.2 Å². The molecule has 106 valence electrons. The Morgan fingerprint density at radius 1 is 1.30 bits per heavy atom. The molecule has 0 fully saturated rings. The topological polar surface area (TPSA) is 35.2 Å². The van der Waals surface area contributed by atoms with Gasteiger partial charge in [0, 0.05) is 16.6 Å². The molecule has 1 atom stereocenters. The fourth-order valence-corrected chi connectivity index (χ4v) is 2.63. The average molecular weight is 359 g/mol. The van der Waals surface area contributed by atoms with Gasteiger partial charge < -0.3 is 10.5 Å². The van der Waals surface area contributed by atoms with Gasteiger partial charge in [0.05, 0.1) is 11.6 Å². The third-order valence-corrected chi connectivity index (χ3v) is 3.87. The van der Waals surface area contributed by atoms with Gasteiger partial charge >= 0.3 is 0 Å². The first-order valence-corrected chi connectivity index (χ1v) is 7.21. The van der Waals surface area contributed by atoms with E-state index in [4.69, 9.17) is 22.1 Å². The van der Waals surface area contributed by atoms with Crippen molar-refractivity contribution in [3.05, 3.63) is 62.8 Å². The summed E-state index contributed by atoms with van der Waals surface area (Å²) in [6, 6.07) is 9.93. The molecule has 2 N–H and O–H groups in total. The quantitative estimate of drug-likeness (QED) is 0.874. The lowest BCUT2D eigenvalue weighted by Crippen LogP contribution is -2.14. The summed E-state index contributed by atoms with van der Waals surface area (Å²) >= 11 is 9.17. The van der Waals surface area contributed by atoms with Crippen molar-refractivity contribution in [2.45, 2.75) is 12.5 Å². The Bertz CT molecular complexity index is 621. The lowest BCUT2D eigenvalue weighted by Gasteiger charge is -2.16. The zero-order valence-electron chi connectivity index (χ0n) is 10.9. The molecule has 2 aromatic carbocycles. The third kappa shape index (κ3) is 3.51. The maximum absolute atomic E-state index is 13.2. The Morgan fingerprint density at radius 2 is 2.05 bits per heavy atom. The van der Waals surface area contributed by atoms with E-state index >= 15 is 0 Å². The molecule has 5 heteroatoms. The van der Waals surface area contributed by atoms with Crippen molar-refractivity contribution in [1.82, 2.24) is 0 Å². The summed E-state index contributed by atoms with van der Waals surface area (Å²) in [4.78, 5) is 0. The van der Waals surface area contributed by atoms with Gasteiger partial charge in [0.1, 0.15) is 11.6 Å². The summed E-state index contributed by atoms with van der Waals surface area (Å²) in [6.45, 7) is 0. The summed E-state index contributed by atoms with van der Waals surface area (Å²) in [6.07, 6.45) is 0.565. The van der Waals surface area contributed by atoms with Crippen molar-refractivity contribution in [1.29, 1.82) is 0 Å². The predicted octanol–water partition coefficient (Wildman–Crippen LogP) is 4.49. The standard InChI is InChI=1S/C15H14BrClFNO/c1-20-15-5-3-10(17)8-11(15)14(19)7-9-2-4-13(18)12(16)6-9/h2-6,8,14H,7,19H2,1H3. The van der Waals surface area contributed by atoms with Crippen LogP contribution in [0.1, 0.15) is 17.2 Å². The molecule has 0 aliphatic heterocycles. The molecule has 0 aromatic heterocycles. The second-order valence-electron chi connectivity index (χ2n) is 4.45. The molecule has 0 spiro atoms. The Labute approximate surface area is 130 Å². The molecule has 1 unspecified atom stereocenters. The van der Waals surface area contributed by atoms with Crippen LogP contribution in [0.5, 0.6) is 5.75 Å². The van der Waals surface area contributed by atoms with Crippen LogP contribution in [0.3, 0.4) is 0 Å². The van der Waals surface area contributed by atoms with E-state index in [-0.39, 0.29) is 11.9 Å². The summed E-state index contributed by atoms with van der Waals surface area (Å²) in [7, 11) is 1.59. The molecule has 0 saturated carbocycles. The van der Waals surface area contributed by atoms with Crippen molar-refractivity contribution in [2.24, 2.45) is 5.73 Å². The predicted molar refractivity (Wildman–Crippen MR) is 82.7 cm³/mol. The van der Waals surface area contributed by atoms with E-state index in [1.807, 2.05) is 0 Å². The van der Waals surface area contributed by atoms with E-state index in [9.17, 15) is 4.39 Å². The molecule has 0 aliphatic carbocycles. The van der Waals surface area contributed by atoms with Gasteiger partial charge in [-0.2, -0.15) is 0 Å². The van der Waals surface area contributed by atoms with Gasteiger partial charge in [0.25, 0.3) is 0 Å². The minimum absolute atomic E-state index is 0.277. The molecule has 0 bridgehead atoms. The van der Waals surface area contributed by atoms with Crippen LogP contribution in [0.15, 0.2) is 40.9 Å². The zero-order chi connectivity index (χ0) is 14.7. The van der Waals surface area contributed by atoms with Crippen molar-refractivity contribution in [3.63, 3.8) is 0 Å². The van der Waals surface area contributed by atoms with Crippen LogP contribution in [0.4, 0.5) is 4.39 Å². The van der Waals surface area contributed by atoms with Gasteiger partial charge in [0.15, 0.2) is 0 Å². The number of benzene rings is 2. The lowest BCUT2D eigenvalue weighted by atomic mass is 9.99. The van der Waals surface area contributed by atoms with E-state index in [2.05, 4.69) is 15.9 Å². The van der Waals surface area contributed by atoms with Gasteiger partial charge in [-0.3, -0.25) is 0 Å². The summed E-state index contributed by atoms with van der Waals surface area (Å²) in [5, 5.41) is 0.608. The fraction of sp³-hybridized carbons (Fsp3) is 0.200. The minimum atomic E-state index is -0.289. The average Bonchev–Trinajstić information content (AvgIpc) is 2.43. The van der Waals surface area contributed by atoms with E-state index < -0.39 is 0 Å². The molecule has 0 saturated heterocycles. The molecular weight excluding hydrogens is 345 g/mol. The fourth-order valence-electron chi connectivity index (χ4n) is 2.03. The van der Waals surface area contributed by atoms with E-state index in [1.165, 1.54) is 6.07 Å². The number of methoxy groups -OCH3 is 1. The Kier molecular flexibility index (Phi) is 5.02. The Hall–Kier alpha value is -1.10. The smallest absolute Gasteiger partial charge is 0.137 e. The van der Waals surface area contributed by atoms with Crippen LogP contribution in [-0.2, 0) is 6.42 Å². The Morgan fingerprint density at radius 3 is 2.70 bits per heavy atom. The highest BCUT2D eigenvalue weighted by molar-refractivity contribution is 9.10. The largest absolute Gasteiger partial charge is 0.496 e. The normalized spacial score (nSPS) is 12.2. The monoisotopic (exact) mass is 357 g/mol. The van der Waals surface area contributed by atoms with Gasteiger partial charge in [0.2, 0.25) is 0 Å². The van der Waals surface area contributed by atoms with Crippen molar-refractivity contribution < 1.29 is 9.13 Å². The number of ether oxygens (including phenoxy) is 1. The van der Waals surface area contributed by atoms with Crippen LogP contribution in [0, 0.1) is 5.82 Å². The molecule has 20 heavy (non-hydrogen) atoms. The number of hydrogen-bond acceptors (Lipinski definition) is 2. The summed E-state index contributed by atoms with van der Waals surface area (Å²) in [5.41, 5.74) is 7.98. The molecule has 0 amide bonds. The van der Waals surface area contributed by atoms with Crippen LogP contribution in [-0.4, -0.2) is 7.11 Å². The first kappa shape index (κ1) is 15.3.